The molecule has 0 radical (unpaired) electrons. The van der Waals surface area contributed by atoms with Crippen LogP contribution in [-0.2, 0) is 13.0 Å². The van der Waals surface area contributed by atoms with E-state index in [-0.39, 0.29) is 17.4 Å². The first-order chi connectivity index (χ1) is 12.6. The van der Waals surface area contributed by atoms with Gasteiger partial charge in [0.25, 0.3) is 0 Å². The molecule has 2 heterocycles. The molecule has 26 heavy (non-hydrogen) atoms. The smallest absolute Gasteiger partial charge is 0.134 e. The van der Waals surface area contributed by atoms with Crippen molar-refractivity contribution in [2.45, 2.75) is 31.9 Å². The van der Waals surface area contributed by atoms with Crippen molar-refractivity contribution in [1.82, 2.24) is 4.90 Å². The van der Waals surface area contributed by atoms with Gasteiger partial charge in [0, 0.05) is 42.8 Å². The van der Waals surface area contributed by atoms with Crippen LogP contribution in [-0.4, -0.2) is 30.6 Å². The van der Waals surface area contributed by atoms with E-state index in [4.69, 9.17) is 15.2 Å². The molecule has 0 saturated carbocycles. The normalized spacial score (nSPS) is 19.4. The molecule has 2 aliphatic rings. The van der Waals surface area contributed by atoms with E-state index in [1.807, 2.05) is 6.07 Å². The number of rotatable bonds is 5. The average molecular weight is 360 g/mol. The maximum atomic E-state index is 14.4. The van der Waals surface area contributed by atoms with E-state index < -0.39 is 11.6 Å². The van der Waals surface area contributed by atoms with E-state index >= 15 is 0 Å². The van der Waals surface area contributed by atoms with Crippen LogP contribution >= 0.6 is 0 Å². The Morgan fingerprint density at radius 1 is 1.08 bits per heavy atom. The molecule has 1 unspecified atom stereocenters. The first-order valence-corrected chi connectivity index (χ1v) is 9.00. The molecule has 2 aromatic carbocycles. The number of hydrogen-bond donors (Lipinski definition) is 1. The molecule has 0 aliphatic carbocycles. The Hall–Kier alpha value is -2.18. The van der Waals surface area contributed by atoms with E-state index in [2.05, 4.69) is 4.90 Å². The van der Waals surface area contributed by atoms with Gasteiger partial charge in [-0.2, -0.15) is 0 Å². The zero-order chi connectivity index (χ0) is 18.1. The molecule has 6 heteroatoms. The first-order valence-electron chi connectivity index (χ1n) is 9.00. The van der Waals surface area contributed by atoms with Crippen LogP contribution in [0.2, 0.25) is 0 Å². The van der Waals surface area contributed by atoms with Gasteiger partial charge in [-0.05, 0) is 44.1 Å². The zero-order valence-electron chi connectivity index (χ0n) is 14.5. The van der Waals surface area contributed by atoms with E-state index in [1.165, 1.54) is 12.1 Å². The number of ether oxygens (including phenoxy) is 2. The van der Waals surface area contributed by atoms with Crippen molar-refractivity contribution in [3.05, 3.63) is 53.1 Å². The number of halogens is 2. The second-order valence-corrected chi connectivity index (χ2v) is 6.90. The Balaban J connectivity index is 1.50. The van der Waals surface area contributed by atoms with Crippen LogP contribution < -0.4 is 15.2 Å². The third kappa shape index (κ3) is 3.52. The molecule has 4 rings (SSSR count). The highest BCUT2D eigenvalue weighted by molar-refractivity contribution is 5.45. The van der Waals surface area contributed by atoms with Gasteiger partial charge in [-0.3, -0.25) is 4.90 Å². The van der Waals surface area contributed by atoms with Gasteiger partial charge in [0.15, 0.2) is 0 Å². The van der Waals surface area contributed by atoms with Crippen LogP contribution in [0.15, 0.2) is 30.3 Å². The fourth-order valence-electron chi connectivity index (χ4n) is 3.58. The minimum absolute atomic E-state index is 0.0278. The second-order valence-electron chi connectivity index (χ2n) is 6.90. The molecule has 2 N–H and O–H groups in total. The summed E-state index contributed by atoms with van der Waals surface area (Å²) in [7, 11) is 0. The van der Waals surface area contributed by atoms with Gasteiger partial charge in [-0.15, -0.1) is 0 Å². The summed E-state index contributed by atoms with van der Waals surface area (Å²) in [6, 6.07) is 7.86. The maximum Gasteiger partial charge on any atom is 0.134 e. The fourth-order valence-corrected chi connectivity index (χ4v) is 3.58. The van der Waals surface area contributed by atoms with E-state index in [1.54, 1.807) is 12.1 Å². The highest BCUT2D eigenvalue weighted by atomic mass is 19.1. The van der Waals surface area contributed by atoms with Gasteiger partial charge in [-0.1, -0.05) is 0 Å². The van der Waals surface area contributed by atoms with E-state index in [0.717, 1.165) is 37.2 Å². The Labute approximate surface area is 151 Å². The van der Waals surface area contributed by atoms with Crippen LogP contribution in [0, 0.1) is 11.6 Å². The van der Waals surface area contributed by atoms with E-state index in [9.17, 15) is 8.78 Å². The van der Waals surface area contributed by atoms with Gasteiger partial charge in [0.05, 0.1) is 0 Å². The molecule has 4 nitrogen and oxygen atoms in total. The van der Waals surface area contributed by atoms with Crippen LogP contribution in [0.4, 0.5) is 8.78 Å². The lowest BCUT2D eigenvalue weighted by Gasteiger charge is -2.16. The lowest BCUT2D eigenvalue weighted by atomic mass is 10.1. The number of hydrogen-bond acceptors (Lipinski definition) is 4. The van der Waals surface area contributed by atoms with Crippen molar-refractivity contribution < 1.29 is 18.3 Å². The monoisotopic (exact) mass is 360 g/mol. The van der Waals surface area contributed by atoms with Crippen LogP contribution in [0.1, 0.15) is 24.0 Å². The Morgan fingerprint density at radius 3 is 2.50 bits per heavy atom. The highest BCUT2D eigenvalue weighted by Crippen LogP contribution is 2.34. The molecular weight excluding hydrogens is 338 g/mol. The minimum atomic E-state index is -0.570. The first kappa shape index (κ1) is 17.2. The van der Waals surface area contributed by atoms with Crippen molar-refractivity contribution >= 4 is 0 Å². The zero-order valence-corrected chi connectivity index (χ0v) is 14.5. The third-order valence-corrected chi connectivity index (χ3v) is 4.97. The molecule has 2 aliphatic heterocycles. The van der Waals surface area contributed by atoms with Crippen molar-refractivity contribution in [2.75, 3.05) is 19.6 Å². The van der Waals surface area contributed by atoms with Crippen molar-refractivity contribution in [3.8, 4) is 17.2 Å². The quantitative estimate of drug-likeness (QED) is 0.885. The van der Waals surface area contributed by atoms with Crippen molar-refractivity contribution in [3.63, 3.8) is 0 Å². The van der Waals surface area contributed by atoms with Crippen molar-refractivity contribution in [1.29, 1.82) is 0 Å². The van der Waals surface area contributed by atoms with Crippen molar-refractivity contribution in [2.24, 2.45) is 5.73 Å². The fraction of sp³-hybridized carbons (Fsp3) is 0.400. The predicted octanol–water partition coefficient (Wildman–Crippen LogP) is 3.62. The van der Waals surface area contributed by atoms with Gasteiger partial charge in [0.2, 0.25) is 0 Å². The lowest BCUT2D eigenvalue weighted by Crippen LogP contribution is -2.24. The lowest BCUT2D eigenvalue weighted by molar-refractivity contribution is 0.241. The Kier molecular flexibility index (Phi) is 4.78. The minimum Gasteiger partial charge on any atom is -0.488 e. The topological polar surface area (TPSA) is 47.7 Å². The summed E-state index contributed by atoms with van der Waals surface area (Å²) in [6.45, 7) is 2.52. The van der Waals surface area contributed by atoms with Crippen LogP contribution in [0.25, 0.3) is 0 Å². The summed E-state index contributed by atoms with van der Waals surface area (Å²) in [5.41, 5.74) is 6.73. The standard InChI is InChI=1S/C20H22F2N2O2/c21-18-9-15(10-19(22)17(18)12-24-5-1-2-6-24)25-14-3-4-20-13(7-14)8-16(11-23)26-20/h3-4,7,9-10,16H,1-2,5-6,8,11-12,23H2. The summed E-state index contributed by atoms with van der Waals surface area (Å²) < 4.78 is 40.2. The molecule has 1 atom stereocenters. The Bertz CT molecular complexity index is 783. The summed E-state index contributed by atoms with van der Waals surface area (Å²) in [6.07, 6.45) is 2.84. The summed E-state index contributed by atoms with van der Waals surface area (Å²) >= 11 is 0. The van der Waals surface area contributed by atoms with Crippen LogP contribution in [0.3, 0.4) is 0 Å². The number of nitrogens with two attached hydrogens (primary N) is 1. The SMILES string of the molecule is NCC1Cc2cc(Oc3cc(F)c(CN4CCCC4)c(F)c3)ccc2O1. The average Bonchev–Trinajstić information content (AvgIpc) is 3.27. The summed E-state index contributed by atoms with van der Waals surface area (Å²) in [5.74, 6) is 0.320. The molecular formula is C20H22F2N2O2. The molecule has 2 aromatic rings. The molecule has 0 amide bonds. The number of fused-ring (bicyclic) bond motifs is 1. The molecule has 0 spiro atoms. The molecule has 0 bridgehead atoms. The molecule has 1 saturated heterocycles. The van der Waals surface area contributed by atoms with E-state index in [0.29, 0.717) is 25.3 Å². The third-order valence-electron chi connectivity index (χ3n) is 4.97. The predicted molar refractivity (Wildman–Crippen MR) is 94.6 cm³/mol. The number of likely N-dealkylation sites (tertiary alicyclic amines) is 1. The molecule has 1 fully saturated rings. The highest BCUT2D eigenvalue weighted by Gasteiger charge is 2.22. The second kappa shape index (κ2) is 7.21. The van der Waals surface area contributed by atoms with Gasteiger partial charge < -0.3 is 15.2 Å². The Morgan fingerprint density at radius 2 is 1.81 bits per heavy atom. The summed E-state index contributed by atoms with van der Waals surface area (Å²) in [5, 5.41) is 0. The summed E-state index contributed by atoms with van der Waals surface area (Å²) in [4.78, 5) is 2.07. The van der Waals surface area contributed by atoms with Gasteiger partial charge >= 0.3 is 0 Å². The number of nitrogens with zero attached hydrogens (tertiary/aromatic N) is 1. The van der Waals surface area contributed by atoms with Crippen LogP contribution in [0.5, 0.6) is 17.2 Å². The van der Waals surface area contributed by atoms with Gasteiger partial charge in [-0.25, -0.2) is 8.78 Å². The molecule has 0 aromatic heterocycles. The largest absolute Gasteiger partial charge is 0.488 e. The molecule has 138 valence electrons. The number of benzene rings is 2. The maximum absolute atomic E-state index is 14.4. The van der Waals surface area contributed by atoms with Gasteiger partial charge in [0.1, 0.15) is 35.0 Å².